The number of thioether (sulfide) groups is 1. The molecule has 0 bridgehead atoms. The summed E-state index contributed by atoms with van der Waals surface area (Å²) in [6, 6.07) is 0. The van der Waals surface area contributed by atoms with E-state index in [0.29, 0.717) is 5.25 Å². The lowest BCUT2D eigenvalue weighted by molar-refractivity contribution is 0.122. The zero-order chi connectivity index (χ0) is 11.1. The van der Waals surface area contributed by atoms with Crippen molar-refractivity contribution in [3.63, 3.8) is 0 Å². The Morgan fingerprint density at radius 1 is 1.47 bits per heavy atom. The maximum absolute atomic E-state index is 6.04. The maximum atomic E-state index is 6.04. The van der Waals surface area contributed by atoms with E-state index in [4.69, 9.17) is 5.73 Å². The van der Waals surface area contributed by atoms with Crippen LogP contribution in [-0.4, -0.2) is 41.6 Å². The third-order valence-electron chi connectivity index (χ3n) is 4.56. The summed E-state index contributed by atoms with van der Waals surface area (Å²) < 4.78 is 0. The number of nitrogens with two attached hydrogens (primary N) is 1. The van der Waals surface area contributed by atoms with Crippen molar-refractivity contribution >= 4 is 11.8 Å². The first kappa shape index (κ1) is 11.7. The van der Waals surface area contributed by atoms with Crippen molar-refractivity contribution in [2.75, 3.05) is 25.9 Å². The van der Waals surface area contributed by atoms with Crippen molar-refractivity contribution in [3.8, 4) is 0 Å². The van der Waals surface area contributed by atoms with Gasteiger partial charge in [-0.2, -0.15) is 11.8 Å². The maximum Gasteiger partial charge on any atom is 0.0452 e. The minimum absolute atomic E-state index is 0.285. The van der Waals surface area contributed by atoms with Gasteiger partial charge < -0.3 is 5.73 Å². The Morgan fingerprint density at radius 3 is 2.53 bits per heavy atom. The highest BCUT2D eigenvalue weighted by atomic mass is 32.2. The highest BCUT2D eigenvalue weighted by Gasteiger charge is 2.45. The van der Waals surface area contributed by atoms with Crippen molar-refractivity contribution < 1.29 is 0 Å². The number of rotatable bonds is 4. The molecule has 1 aliphatic carbocycles. The van der Waals surface area contributed by atoms with Crippen LogP contribution in [0.25, 0.3) is 0 Å². The normalized spacial score (nSPS) is 45.0. The fourth-order valence-electron chi connectivity index (χ4n) is 2.88. The average molecular weight is 228 g/mol. The van der Waals surface area contributed by atoms with E-state index in [1.54, 1.807) is 0 Å². The van der Waals surface area contributed by atoms with Gasteiger partial charge in [0.2, 0.25) is 0 Å². The van der Waals surface area contributed by atoms with E-state index in [9.17, 15) is 0 Å². The van der Waals surface area contributed by atoms with Gasteiger partial charge in [-0.25, -0.2) is 0 Å². The van der Waals surface area contributed by atoms with E-state index < -0.39 is 0 Å². The van der Waals surface area contributed by atoms with Crippen LogP contribution in [0.4, 0.5) is 0 Å². The van der Waals surface area contributed by atoms with Crippen LogP contribution in [0.2, 0.25) is 0 Å². The third kappa shape index (κ3) is 2.06. The molecule has 2 rings (SSSR count). The van der Waals surface area contributed by atoms with Crippen LogP contribution < -0.4 is 5.73 Å². The first-order valence-electron chi connectivity index (χ1n) is 6.13. The number of nitrogens with zero attached hydrogens (tertiary/aromatic N) is 1. The summed E-state index contributed by atoms with van der Waals surface area (Å²) in [6.45, 7) is 6.78. The van der Waals surface area contributed by atoms with Crippen LogP contribution in [0.1, 0.15) is 26.7 Å². The van der Waals surface area contributed by atoms with Gasteiger partial charge in [-0.1, -0.05) is 13.8 Å². The van der Waals surface area contributed by atoms with Gasteiger partial charge in [-0.05, 0) is 37.5 Å². The van der Waals surface area contributed by atoms with Crippen molar-refractivity contribution in [1.82, 2.24) is 4.90 Å². The molecule has 4 atom stereocenters. The Morgan fingerprint density at radius 2 is 2.13 bits per heavy atom. The van der Waals surface area contributed by atoms with Crippen molar-refractivity contribution in [1.29, 1.82) is 0 Å². The van der Waals surface area contributed by atoms with Crippen LogP contribution >= 0.6 is 11.8 Å². The number of likely N-dealkylation sites (N-methyl/N-ethyl adjacent to an activating group) is 1. The fourth-order valence-corrected chi connectivity index (χ4v) is 4.41. The summed E-state index contributed by atoms with van der Waals surface area (Å²) in [5.74, 6) is 3.17. The summed E-state index contributed by atoms with van der Waals surface area (Å²) in [7, 11) is 2.28. The largest absolute Gasteiger partial charge is 0.329 e. The van der Waals surface area contributed by atoms with E-state index in [2.05, 4.69) is 37.6 Å². The molecular weight excluding hydrogens is 204 g/mol. The fraction of sp³-hybridized carbons (Fsp3) is 1.00. The second-order valence-corrected chi connectivity index (χ2v) is 6.87. The second-order valence-electron chi connectivity index (χ2n) is 5.42. The zero-order valence-corrected chi connectivity index (χ0v) is 11.0. The summed E-state index contributed by atoms with van der Waals surface area (Å²) in [5, 5.41) is 0.696. The van der Waals surface area contributed by atoms with Gasteiger partial charge in [0.05, 0.1) is 0 Å². The summed E-state index contributed by atoms with van der Waals surface area (Å²) in [5.41, 5.74) is 6.32. The Hall–Kier alpha value is 0.270. The molecule has 1 aliphatic heterocycles. The molecule has 1 heterocycles. The average Bonchev–Trinajstić information content (AvgIpc) is 2.76. The van der Waals surface area contributed by atoms with Gasteiger partial charge in [0.15, 0.2) is 0 Å². The Bertz CT molecular complexity index is 234. The Balaban J connectivity index is 1.98. The molecule has 15 heavy (non-hydrogen) atoms. The first-order valence-corrected chi connectivity index (χ1v) is 7.18. The lowest BCUT2D eigenvalue weighted by Crippen LogP contribution is -2.56. The molecule has 1 saturated heterocycles. The number of hydrogen-bond donors (Lipinski definition) is 1. The molecule has 88 valence electrons. The quantitative estimate of drug-likeness (QED) is 0.795. The van der Waals surface area contributed by atoms with Gasteiger partial charge in [-0.15, -0.1) is 0 Å². The van der Waals surface area contributed by atoms with Gasteiger partial charge in [0.1, 0.15) is 0 Å². The van der Waals surface area contributed by atoms with Crippen LogP contribution in [0.3, 0.4) is 0 Å². The summed E-state index contributed by atoms with van der Waals surface area (Å²) in [6.07, 6.45) is 2.69. The Kier molecular flexibility index (Phi) is 3.34. The molecule has 0 aromatic heterocycles. The molecular formula is C12H24N2S. The van der Waals surface area contributed by atoms with Crippen molar-refractivity contribution in [2.24, 2.45) is 17.6 Å². The van der Waals surface area contributed by atoms with Crippen LogP contribution in [0.5, 0.6) is 0 Å². The minimum Gasteiger partial charge on any atom is -0.329 e. The topological polar surface area (TPSA) is 29.3 Å². The third-order valence-corrected chi connectivity index (χ3v) is 5.94. The van der Waals surface area contributed by atoms with E-state index in [0.717, 1.165) is 18.4 Å². The zero-order valence-electron chi connectivity index (χ0n) is 10.2. The molecule has 2 aliphatic rings. The Labute approximate surface area is 98.0 Å². The van der Waals surface area contributed by atoms with Crippen molar-refractivity contribution in [3.05, 3.63) is 0 Å². The molecule has 4 unspecified atom stereocenters. The molecule has 0 amide bonds. The van der Waals surface area contributed by atoms with Gasteiger partial charge in [-0.3, -0.25) is 4.90 Å². The standard InChI is InChI=1S/C12H24N2S/c1-9-6-11(9)7-14(3)12(8-13)4-5-15-10(12)2/h9-11H,4-8,13H2,1-3H3. The second kappa shape index (κ2) is 4.27. The summed E-state index contributed by atoms with van der Waals surface area (Å²) >= 11 is 2.08. The highest BCUT2D eigenvalue weighted by Crippen LogP contribution is 2.43. The molecule has 0 aromatic carbocycles. The smallest absolute Gasteiger partial charge is 0.0452 e. The SMILES string of the molecule is CC1CC1CN(C)C1(CN)CCSC1C. The van der Waals surface area contributed by atoms with Crippen LogP contribution in [0, 0.1) is 11.8 Å². The molecule has 2 nitrogen and oxygen atoms in total. The van der Waals surface area contributed by atoms with Gasteiger partial charge >= 0.3 is 0 Å². The van der Waals surface area contributed by atoms with E-state index in [1.807, 2.05) is 0 Å². The predicted molar refractivity (Wildman–Crippen MR) is 68.2 cm³/mol. The van der Waals surface area contributed by atoms with E-state index in [1.165, 1.54) is 25.1 Å². The lowest BCUT2D eigenvalue weighted by atomic mass is 9.90. The van der Waals surface area contributed by atoms with Crippen molar-refractivity contribution in [2.45, 2.75) is 37.5 Å². The molecule has 3 heteroatoms. The lowest BCUT2D eigenvalue weighted by Gasteiger charge is -2.41. The molecule has 0 aromatic rings. The number of hydrogen-bond acceptors (Lipinski definition) is 3. The molecule has 2 N–H and O–H groups in total. The molecule has 1 saturated carbocycles. The summed E-state index contributed by atoms with van der Waals surface area (Å²) in [4.78, 5) is 2.56. The molecule has 0 spiro atoms. The minimum atomic E-state index is 0.285. The highest BCUT2D eigenvalue weighted by molar-refractivity contribution is 8.00. The van der Waals surface area contributed by atoms with Gasteiger partial charge in [0, 0.05) is 23.9 Å². The molecule has 2 fully saturated rings. The van der Waals surface area contributed by atoms with E-state index in [-0.39, 0.29) is 5.54 Å². The first-order chi connectivity index (χ1) is 7.10. The monoisotopic (exact) mass is 228 g/mol. The van der Waals surface area contributed by atoms with Crippen LogP contribution in [0.15, 0.2) is 0 Å². The van der Waals surface area contributed by atoms with Crippen LogP contribution in [-0.2, 0) is 0 Å². The van der Waals surface area contributed by atoms with Gasteiger partial charge in [0.25, 0.3) is 0 Å². The molecule has 0 radical (unpaired) electrons. The van der Waals surface area contributed by atoms with E-state index >= 15 is 0 Å². The predicted octanol–water partition coefficient (Wildman–Crippen LogP) is 1.80.